The van der Waals surface area contributed by atoms with Crippen molar-refractivity contribution >= 4 is 21.6 Å². The standard InChI is InChI=1S/C12H11BrN2O/c1-16-9-4-2-3-8(5-9)10-6-12(13)15-7-11(10)14/h2-7H,14H2,1H3. The largest absolute Gasteiger partial charge is 0.497 e. The SMILES string of the molecule is COc1cccc(-c2cc(Br)ncc2N)c1. The minimum absolute atomic E-state index is 0.649. The van der Waals surface area contributed by atoms with Crippen LogP contribution in [0.3, 0.4) is 0 Å². The van der Waals surface area contributed by atoms with Gasteiger partial charge in [-0.25, -0.2) is 4.98 Å². The molecule has 0 atom stereocenters. The average Bonchev–Trinajstić information content (AvgIpc) is 2.32. The van der Waals surface area contributed by atoms with Gasteiger partial charge >= 0.3 is 0 Å². The van der Waals surface area contributed by atoms with Crippen LogP contribution in [0.2, 0.25) is 0 Å². The summed E-state index contributed by atoms with van der Waals surface area (Å²) in [6, 6.07) is 9.65. The Morgan fingerprint density at radius 1 is 1.31 bits per heavy atom. The van der Waals surface area contributed by atoms with Gasteiger partial charge in [-0.1, -0.05) is 12.1 Å². The molecular weight excluding hydrogens is 268 g/mol. The van der Waals surface area contributed by atoms with E-state index in [0.29, 0.717) is 5.69 Å². The van der Waals surface area contributed by atoms with E-state index in [0.717, 1.165) is 21.5 Å². The maximum absolute atomic E-state index is 5.89. The molecule has 0 aliphatic rings. The quantitative estimate of drug-likeness (QED) is 0.859. The molecule has 2 N–H and O–H groups in total. The van der Waals surface area contributed by atoms with Crippen molar-refractivity contribution in [3.8, 4) is 16.9 Å². The molecule has 16 heavy (non-hydrogen) atoms. The Bertz CT molecular complexity index is 514. The number of halogens is 1. The van der Waals surface area contributed by atoms with Crippen molar-refractivity contribution in [3.63, 3.8) is 0 Å². The highest BCUT2D eigenvalue weighted by atomic mass is 79.9. The zero-order chi connectivity index (χ0) is 11.5. The molecule has 0 saturated carbocycles. The topological polar surface area (TPSA) is 48.1 Å². The fourth-order valence-electron chi connectivity index (χ4n) is 1.48. The van der Waals surface area contributed by atoms with E-state index in [4.69, 9.17) is 10.5 Å². The smallest absolute Gasteiger partial charge is 0.119 e. The molecule has 0 radical (unpaired) electrons. The van der Waals surface area contributed by atoms with Gasteiger partial charge in [-0.2, -0.15) is 0 Å². The fraction of sp³-hybridized carbons (Fsp3) is 0.0833. The third kappa shape index (κ3) is 2.17. The number of nitrogen functional groups attached to an aromatic ring is 1. The first-order valence-electron chi connectivity index (χ1n) is 4.76. The number of benzene rings is 1. The predicted octanol–water partition coefficient (Wildman–Crippen LogP) is 3.10. The highest BCUT2D eigenvalue weighted by Gasteiger charge is 2.05. The summed E-state index contributed by atoms with van der Waals surface area (Å²) in [5.41, 5.74) is 8.50. The monoisotopic (exact) mass is 278 g/mol. The summed E-state index contributed by atoms with van der Waals surface area (Å²) >= 11 is 3.33. The number of hydrogen-bond donors (Lipinski definition) is 1. The lowest BCUT2D eigenvalue weighted by Gasteiger charge is -2.07. The van der Waals surface area contributed by atoms with Gasteiger partial charge in [0.1, 0.15) is 10.4 Å². The number of nitrogens with zero attached hydrogens (tertiary/aromatic N) is 1. The average molecular weight is 279 g/mol. The number of nitrogens with two attached hydrogens (primary N) is 1. The molecule has 3 nitrogen and oxygen atoms in total. The van der Waals surface area contributed by atoms with Crippen LogP contribution < -0.4 is 10.5 Å². The lowest BCUT2D eigenvalue weighted by molar-refractivity contribution is 0.415. The van der Waals surface area contributed by atoms with Crippen LogP contribution in [0.5, 0.6) is 5.75 Å². The van der Waals surface area contributed by atoms with Crippen molar-refractivity contribution in [2.45, 2.75) is 0 Å². The molecule has 1 heterocycles. The number of hydrogen-bond acceptors (Lipinski definition) is 3. The molecule has 1 aromatic heterocycles. The van der Waals surface area contributed by atoms with Crippen LogP contribution in [0.15, 0.2) is 41.1 Å². The normalized spacial score (nSPS) is 10.1. The summed E-state index contributed by atoms with van der Waals surface area (Å²) in [4.78, 5) is 4.07. The van der Waals surface area contributed by atoms with E-state index in [1.807, 2.05) is 30.3 Å². The molecule has 0 aliphatic heterocycles. The van der Waals surface area contributed by atoms with Crippen LogP contribution in [0.25, 0.3) is 11.1 Å². The van der Waals surface area contributed by atoms with Crippen molar-refractivity contribution in [3.05, 3.63) is 41.1 Å². The third-order valence-corrected chi connectivity index (χ3v) is 2.72. The van der Waals surface area contributed by atoms with Gasteiger partial charge in [-0.05, 0) is 39.7 Å². The molecule has 0 amide bonds. The first kappa shape index (κ1) is 11.0. The molecule has 4 heteroatoms. The number of ether oxygens (including phenoxy) is 1. The van der Waals surface area contributed by atoms with E-state index in [-0.39, 0.29) is 0 Å². The molecule has 82 valence electrons. The molecule has 0 fully saturated rings. The number of methoxy groups -OCH3 is 1. The number of anilines is 1. The fourth-order valence-corrected chi connectivity index (χ4v) is 1.81. The molecule has 0 unspecified atom stereocenters. The Morgan fingerprint density at radius 2 is 2.12 bits per heavy atom. The van der Waals surface area contributed by atoms with Gasteiger partial charge in [-0.15, -0.1) is 0 Å². The van der Waals surface area contributed by atoms with E-state index in [9.17, 15) is 0 Å². The van der Waals surface area contributed by atoms with Gasteiger partial charge in [0.15, 0.2) is 0 Å². The minimum Gasteiger partial charge on any atom is -0.497 e. The summed E-state index contributed by atoms with van der Waals surface area (Å²) in [5, 5.41) is 0. The summed E-state index contributed by atoms with van der Waals surface area (Å²) < 4.78 is 5.94. The van der Waals surface area contributed by atoms with E-state index < -0.39 is 0 Å². The van der Waals surface area contributed by atoms with Crippen molar-refractivity contribution in [1.29, 1.82) is 0 Å². The predicted molar refractivity (Wildman–Crippen MR) is 68.3 cm³/mol. The van der Waals surface area contributed by atoms with Crippen LogP contribution in [0.4, 0.5) is 5.69 Å². The molecule has 0 saturated heterocycles. The summed E-state index contributed by atoms with van der Waals surface area (Å²) in [6.45, 7) is 0. The molecular formula is C12H11BrN2O. The highest BCUT2D eigenvalue weighted by Crippen LogP contribution is 2.29. The van der Waals surface area contributed by atoms with Crippen LogP contribution in [0.1, 0.15) is 0 Å². The Kier molecular flexibility index (Phi) is 3.10. The van der Waals surface area contributed by atoms with Crippen molar-refractivity contribution < 1.29 is 4.74 Å². The van der Waals surface area contributed by atoms with Crippen LogP contribution >= 0.6 is 15.9 Å². The van der Waals surface area contributed by atoms with Gasteiger partial charge in [0.25, 0.3) is 0 Å². The summed E-state index contributed by atoms with van der Waals surface area (Å²) in [5.74, 6) is 0.810. The maximum atomic E-state index is 5.89. The van der Waals surface area contributed by atoms with Crippen LogP contribution in [-0.2, 0) is 0 Å². The number of rotatable bonds is 2. The Morgan fingerprint density at radius 3 is 2.88 bits per heavy atom. The number of aromatic nitrogens is 1. The van der Waals surface area contributed by atoms with Crippen molar-refractivity contribution in [2.75, 3.05) is 12.8 Å². The lowest BCUT2D eigenvalue weighted by Crippen LogP contribution is -1.92. The zero-order valence-corrected chi connectivity index (χ0v) is 10.4. The first-order chi connectivity index (χ1) is 7.70. The van der Waals surface area contributed by atoms with Crippen molar-refractivity contribution in [1.82, 2.24) is 4.98 Å². The Balaban J connectivity index is 2.53. The van der Waals surface area contributed by atoms with Crippen LogP contribution in [0, 0.1) is 0 Å². The van der Waals surface area contributed by atoms with Gasteiger partial charge in [-0.3, -0.25) is 0 Å². The van der Waals surface area contributed by atoms with Crippen LogP contribution in [-0.4, -0.2) is 12.1 Å². The molecule has 2 aromatic rings. The van der Waals surface area contributed by atoms with E-state index in [1.165, 1.54) is 0 Å². The van der Waals surface area contributed by atoms with E-state index in [2.05, 4.69) is 20.9 Å². The first-order valence-corrected chi connectivity index (χ1v) is 5.55. The van der Waals surface area contributed by atoms with E-state index in [1.54, 1.807) is 13.3 Å². The number of pyridine rings is 1. The zero-order valence-electron chi connectivity index (χ0n) is 8.77. The summed E-state index contributed by atoms with van der Waals surface area (Å²) in [6.07, 6.45) is 1.64. The van der Waals surface area contributed by atoms with Gasteiger partial charge in [0, 0.05) is 5.56 Å². The summed E-state index contributed by atoms with van der Waals surface area (Å²) in [7, 11) is 1.64. The molecule has 0 bridgehead atoms. The maximum Gasteiger partial charge on any atom is 0.119 e. The third-order valence-electron chi connectivity index (χ3n) is 2.28. The van der Waals surface area contributed by atoms with Gasteiger partial charge in [0.05, 0.1) is 19.0 Å². The Labute approximate surface area is 102 Å². The molecule has 2 rings (SSSR count). The van der Waals surface area contributed by atoms with E-state index >= 15 is 0 Å². The van der Waals surface area contributed by atoms with Gasteiger partial charge < -0.3 is 10.5 Å². The second-order valence-corrected chi connectivity index (χ2v) is 4.14. The van der Waals surface area contributed by atoms with Crippen molar-refractivity contribution in [2.24, 2.45) is 0 Å². The second kappa shape index (κ2) is 4.53. The molecule has 0 aliphatic carbocycles. The second-order valence-electron chi connectivity index (χ2n) is 3.33. The lowest BCUT2D eigenvalue weighted by atomic mass is 10.1. The molecule has 1 aromatic carbocycles. The Hall–Kier alpha value is -1.55. The minimum atomic E-state index is 0.649. The highest BCUT2D eigenvalue weighted by molar-refractivity contribution is 9.10. The van der Waals surface area contributed by atoms with Gasteiger partial charge in [0.2, 0.25) is 0 Å². The molecule has 0 spiro atoms.